The lowest BCUT2D eigenvalue weighted by molar-refractivity contribution is -0.138. The van der Waals surface area contributed by atoms with E-state index in [9.17, 15) is 15.0 Å². The van der Waals surface area contributed by atoms with Crippen molar-refractivity contribution in [3.05, 3.63) is 94.0 Å². The third kappa shape index (κ3) is 6.35. The molecule has 0 saturated heterocycles. The molecule has 3 rings (SSSR count). The first-order valence-electron chi connectivity index (χ1n) is 10.1. The van der Waals surface area contributed by atoms with Crippen LogP contribution in [0.15, 0.2) is 66.7 Å². The highest BCUT2D eigenvalue weighted by molar-refractivity contribution is 6.31. The summed E-state index contributed by atoms with van der Waals surface area (Å²) in [5.41, 5.74) is 8.36. The Labute approximate surface area is 196 Å². The van der Waals surface area contributed by atoms with E-state index in [4.69, 9.17) is 27.5 Å². The molecule has 7 nitrogen and oxygen atoms in total. The highest BCUT2D eigenvalue weighted by Crippen LogP contribution is 2.36. The molecular formula is C25H24ClN3O4. The Kier molecular flexibility index (Phi) is 8.07. The molecule has 6 N–H and O–H groups in total. The third-order valence-electron chi connectivity index (χ3n) is 4.77. The van der Waals surface area contributed by atoms with Crippen LogP contribution in [0.2, 0.25) is 5.02 Å². The van der Waals surface area contributed by atoms with Gasteiger partial charge in [0.1, 0.15) is 18.2 Å². The largest absolute Gasteiger partial charge is 0.490 e. The summed E-state index contributed by atoms with van der Waals surface area (Å²) < 4.78 is 5.77. The third-order valence-corrected chi connectivity index (χ3v) is 4.99. The van der Waals surface area contributed by atoms with E-state index in [0.717, 1.165) is 5.56 Å². The zero-order chi connectivity index (χ0) is 23.8. The van der Waals surface area contributed by atoms with Crippen LogP contribution in [-0.4, -0.2) is 35.2 Å². The van der Waals surface area contributed by atoms with E-state index < -0.39 is 12.0 Å². The number of carboxylic acid groups (broad SMARTS) is 1. The van der Waals surface area contributed by atoms with Crippen molar-refractivity contribution in [3.8, 4) is 5.75 Å². The first-order chi connectivity index (χ1) is 15.9. The number of nitrogens with one attached hydrogen (secondary N) is 2. The summed E-state index contributed by atoms with van der Waals surface area (Å²) in [6.45, 7) is -0.248. The fraction of sp³-hybridized carbons (Fsp3) is 0.120. The summed E-state index contributed by atoms with van der Waals surface area (Å²) in [7, 11) is 0. The number of carboxylic acids is 1. The fourth-order valence-corrected chi connectivity index (χ4v) is 3.46. The Morgan fingerprint density at radius 2 is 1.82 bits per heavy atom. The zero-order valence-corrected chi connectivity index (χ0v) is 18.4. The number of aliphatic hydroxyl groups excluding tert-OH is 1. The lowest BCUT2D eigenvalue weighted by atomic mass is 10.00. The maximum Gasteiger partial charge on any atom is 0.330 e. The monoisotopic (exact) mass is 465 g/mol. The van der Waals surface area contributed by atoms with Gasteiger partial charge in [-0.2, -0.15) is 0 Å². The molecule has 170 valence electrons. The molecule has 0 fully saturated rings. The number of nitrogens with two attached hydrogens (primary N) is 1. The number of hydrogen-bond donors (Lipinski definition) is 5. The highest BCUT2D eigenvalue weighted by atomic mass is 35.5. The van der Waals surface area contributed by atoms with Crippen molar-refractivity contribution >= 4 is 41.2 Å². The van der Waals surface area contributed by atoms with Crippen LogP contribution in [0.3, 0.4) is 0 Å². The van der Waals surface area contributed by atoms with Crippen molar-refractivity contribution in [2.45, 2.75) is 6.04 Å². The van der Waals surface area contributed by atoms with Crippen LogP contribution >= 0.6 is 11.6 Å². The fourth-order valence-electron chi connectivity index (χ4n) is 3.22. The van der Waals surface area contributed by atoms with Crippen LogP contribution in [0, 0.1) is 5.41 Å². The lowest BCUT2D eigenvalue weighted by Gasteiger charge is -2.21. The number of carbonyl (C=O) groups is 1. The molecule has 0 radical (unpaired) electrons. The first kappa shape index (κ1) is 23.8. The zero-order valence-electron chi connectivity index (χ0n) is 17.7. The smallest absolute Gasteiger partial charge is 0.330 e. The van der Waals surface area contributed by atoms with Crippen LogP contribution in [0.25, 0.3) is 12.2 Å². The average molecular weight is 466 g/mol. The molecule has 0 heterocycles. The van der Waals surface area contributed by atoms with Gasteiger partial charge in [0, 0.05) is 27.4 Å². The van der Waals surface area contributed by atoms with E-state index >= 15 is 0 Å². The molecule has 3 aromatic carbocycles. The maximum absolute atomic E-state index is 12.2. The first-order valence-corrected chi connectivity index (χ1v) is 10.5. The van der Waals surface area contributed by atoms with Gasteiger partial charge in [0.25, 0.3) is 0 Å². The van der Waals surface area contributed by atoms with Gasteiger partial charge in [-0.15, -0.1) is 0 Å². The van der Waals surface area contributed by atoms with E-state index in [0.29, 0.717) is 33.1 Å². The van der Waals surface area contributed by atoms with Gasteiger partial charge in [-0.05, 0) is 42.0 Å². The second-order valence-electron chi connectivity index (χ2n) is 7.14. The highest BCUT2D eigenvalue weighted by Gasteiger charge is 2.26. The van der Waals surface area contributed by atoms with Crippen LogP contribution in [0.5, 0.6) is 5.75 Å². The summed E-state index contributed by atoms with van der Waals surface area (Å²) in [4.78, 5) is 12.2. The summed E-state index contributed by atoms with van der Waals surface area (Å²) >= 11 is 6.35. The quantitative estimate of drug-likeness (QED) is 0.171. The number of halogens is 1. The average Bonchev–Trinajstić information content (AvgIpc) is 2.81. The number of ether oxygens (including phenoxy) is 1. The molecule has 33 heavy (non-hydrogen) atoms. The van der Waals surface area contributed by atoms with Gasteiger partial charge in [0.05, 0.1) is 6.61 Å². The molecule has 1 atom stereocenters. The Morgan fingerprint density at radius 1 is 1.12 bits per heavy atom. The number of aliphatic carboxylic acids is 1. The second-order valence-corrected chi connectivity index (χ2v) is 7.57. The molecular weight excluding hydrogens is 442 g/mol. The molecule has 8 heteroatoms. The molecule has 0 aromatic heterocycles. The van der Waals surface area contributed by atoms with E-state index in [2.05, 4.69) is 5.32 Å². The van der Waals surface area contributed by atoms with Crippen molar-refractivity contribution in [2.75, 3.05) is 18.5 Å². The van der Waals surface area contributed by atoms with Gasteiger partial charge >= 0.3 is 5.97 Å². The van der Waals surface area contributed by atoms with Gasteiger partial charge in [0.15, 0.2) is 6.04 Å². The Balaban J connectivity index is 2.03. The molecule has 0 aliphatic carbocycles. The molecule has 0 saturated carbocycles. The molecule has 0 aliphatic rings. The Morgan fingerprint density at radius 3 is 2.42 bits per heavy atom. The van der Waals surface area contributed by atoms with E-state index in [1.54, 1.807) is 36.4 Å². The van der Waals surface area contributed by atoms with Gasteiger partial charge in [0.2, 0.25) is 0 Å². The molecule has 1 unspecified atom stereocenters. The molecule has 3 aromatic rings. The summed E-state index contributed by atoms with van der Waals surface area (Å²) in [5.74, 6) is -0.915. The van der Waals surface area contributed by atoms with Crippen LogP contribution in [0.4, 0.5) is 5.69 Å². The van der Waals surface area contributed by atoms with Crippen molar-refractivity contribution in [1.82, 2.24) is 0 Å². The lowest BCUT2D eigenvalue weighted by Crippen LogP contribution is -2.22. The Hall–Kier alpha value is -3.81. The Bertz CT molecular complexity index is 1150. The number of rotatable bonds is 10. The molecule has 0 amide bonds. The minimum Gasteiger partial charge on any atom is -0.490 e. The van der Waals surface area contributed by atoms with Crippen molar-refractivity contribution in [3.63, 3.8) is 0 Å². The number of aliphatic hydroxyl groups is 1. The van der Waals surface area contributed by atoms with Gasteiger partial charge in [-0.25, -0.2) is 4.79 Å². The standard InChI is InChI=1S/C25H24ClN3O4/c26-19-14-18(7-6-16-4-2-1-3-5-16)23(33-13-12-30)21(15-19)22(25(31)32)29-20-10-8-17(9-11-20)24(27)28/h1-11,14-15,22,29-30H,12-13H2,(H3,27,28)(H,31,32). The van der Waals surface area contributed by atoms with E-state index in [1.807, 2.05) is 36.4 Å². The predicted molar refractivity (Wildman–Crippen MR) is 131 cm³/mol. The minimum absolute atomic E-state index is 0.0134. The predicted octanol–water partition coefficient (Wildman–Crippen LogP) is 4.40. The van der Waals surface area contributed by atoms with Gasteiger partial charge in [-0.3, -0.25) is 5.41 Å². The summed E-state index contributed by atoms with van der Waals surface area (Å²) in [5, 5.41) is 30.1. The number of amidine groups is 1. The van der Waals surface area contributed by atoms with Crippen molar-refractivity contribution < 1.29 is 19.7 Å². The van der Waals surface area contributed by atoms with E-state index in [-0.39, 0.29) is 19.0 Å². The summed E-state index contributed by atoms with van der Waals surface area (Å²) in [6.07, 6.45) is 3.66. The maximum atomic E-state index is 12.2. The molecule has 0 aliphatic heterocycles. The SMILES string of the molecule is N=C(N)c1ccc(NC(C(=O)O)c2cc(Cl)cc(C=Cc3ccccc3)c2OCCO)cc1. The molecule has 0 spiro atoms. The number of nitrogen functional groups attached to an aromatic ring is 1. The number of hydrogen-bond acceptors (Lipinski definition) is 5. The van der Waals surface area contributed by atoms with Gasteiger partial charge in [-0.1, -0.05) is 54.1 Å². The van der Waals surface area contributed by atoms with Crippen molar-refractivity contribution in [2.24, 2.45) is 5.73 Å². The van der Waals surface area contributed by atoms with Crippen LogP contribution < -0.4 is 15.8 Å². The van der Waals surface area contributed by atoms with Gasteiger partial charge < -0.3 is 26.0 Å². The molecule has 0 bridgehead atoms. The summed E-state index contributed by atoms with van der Waals surface area (Å²) in [6, 6.07) is 18.1. The van der Waals surface area contributed by atoms with Crippen LogP contribution in [-0.2, 0) is 4.79 Å². The number of anilines is 1. The van der Waals surface area contributed by atoms with E-state index in [1.165, 1.54) is 6.07 Å². The topological polar surface area (TPSA) is 129 Å². The van der Waals surface area contributed by atoms with Crippen LogP contribution in [0.1, 0.15) is 28.3 Å². The minimum atomic E-state index is -1.19. The second kappa shape index (κ2) is 11.2. The van der Waals surface area contributed by atoms with Crippen molar-refractivity contribution in [1.29, 1.82) is 5.41 Å². The normalized spacial score (nSPS) is 11.8. The number of benzene rings is 3.